The molecule has 6 heterocycles. The van der Waals surface area contributed by atoms with Crippen molar-refractivity contribution in [1.82, 2.24) is 29.2 Å². The molecule has 43 heavy (non-hydrogen) atoms. The largest absolute Gasteiger partial charge is 0.384 e. The highest BCUT2D eigenvalue weighted by Crippen LogP contribution is 2.42. The molecule has 1 spiro atoms. The van der Waals surface area contributed by atoms with Gasteiger partial charge in [-0.1, -0.05) is 18.2 Å². The molecule has 4 aromatic rings. The van der Waals surface area contributed by atoms with Crippen LogP contribution in [0.3, 0.4) is 0 Å². The van der Waals surface area contributed by atoms with Gasteiger partial charge in [0.15, 0.2) is 11.5 Å². The Kier molecular flexibility index (Phi) is 7.05. The fourth-order valence-corrected chi connectivity index (χ4v) is 6.83. The van der Waals surface area contributed by atoms with Crippen molar-refractivity contribution in [1.29, 1.82) is 0 Å². The first-order chi connectivity index (χ1) is 20.8. The smallest absolute Gasteiger partial charge is 0.278 e. The first kappa shape index (κ1) is 27.8. The molecule has 2 bridgehead atoms. The molecule has 1 atom stereocenters. The first-order valence-electron chi connectivity index (χ1n) is 15.4. The summed E-state index contributed by atoms with van der Waals surface area (Å²) < 4.78 is 3.35. The highest BCUT2D eigenvalue weighted by atomic mass is 16.3. The van der Waals surface area contributed by atoms with Crippen LogP contribution in [0.1, 0.15) is 51.1 Å². The molecule has 0 saturated carbocycles. The van der Waals surface area contributed by atoms with E-state index >= 15 is 0 Å². The number of fused-ring (bicyclic) bond motifs is 6. The van der Waals surface area contributed by atoms with Gasteiger partial charge in [-0.15, -0.1) is 0 Å². The predicted octanol–water partition coefficient (Wildman–Crippen LogP) is 4.59. The molecule has 3 aliphatic heterocycles. The maximum atomic E-state index is 13.4. The van der Waals surface area contributed by atoms with Crippen molar-refractivity contribution in [3.05, 3.63) is 76.9 Å². The maximum Gasteiger partial charge on any atom is 0.278 e. The molecular formula is C33H40N8O2. The second-order valence-electron chi connectivity index (χ2n) is 12.8. The van der Waals surface area contributed by atoms with E-state index in [0.717, 1.165) is 18.8 Å². The third-order valence-electron chi connectivity index (χ3n) is 9.78. The second-order valence-corrected chi connectivity index (χ2v) is 12.8. The summed E-state index contributed by atoms with van der Waals surface area (Å²) in [6.45, 7) is 6.78. The molecule has 10 nitrogen and oxygen atoms in total. The van der Waals surface area contributed by atoms with Gasteiger partial charge in [0, 0.05) is 30.7 Å². The standard InChI is InChI=1S/C33H40N8O2/c1-32(43)13-4-3-5-18-40-30(42)26-23-34-31(37-29(26)41(40)28-8-6-7-27(32)36-28)35-24-9-11-25(12-10-24)39-21-16-33(17-22-39)14-19-38(2)20-15-33/h3,5-12,23,43H,4,13-22H2,1-2H3,(H,34,35,37)/b5-3-/t32-/m0/s1. The number of rotatable bonds is 3. The quantitative estimate of drug-likeness (QED) is 0.339. The fourth-order valence-electron chi connectivity index (χ4n) is 6.83. The Balaban J connectivity index is 1.14. The highest BCUT2D eigenvalue weighted by Gasteiger charge is 2.36. The van der Waals surface area contributed by atoms with Crippen LogP contribution in [0.5, 0.6) is 0 Å². The van der Waals surface area contributed by atoms with E-state index in [-0.39, 0.29) is 5.56 Å². The summed E-state index contributed by atoms with van der Waals surface area (Å²) in [6.07, 6.45) is 11.9. The molecule has 0 aliphatic carbocycles. The van der Waals surface area contributed by atoms with Crippen LogP contribution in [-0.4, -0.2) is 67.5 Å². The molecule has 1 aromatic carbocycles. The van der Waals surface area contributed by atoms with Crippen LogP contribution in [0.4, 0.5) is 17.3 Å². The van der Waals surface area contributed by atoms with Gasteiger partial charge in [0.25, 0.3) is 5.56 Å². The summed E-state index contributed by atoms with van der Waals surface area (Å²) in [6, 6.07) is 14.0. The van der Waals surface area contributed by atoms with Crippen LogP contribution in [0.15, 0.2) is 65.6 Å². The number of pyridine rings is 1. The van der Waals surface area contributed by atoms with Crippen molar-refractivity contribution < 1.29 is 5.11 Å². The molecule has 7 rings (SSSR count). The minimum absolute atomic E-state index is 0.183. The Labute approximate surface area is 251 Å². The lowest BCUT2D eigenvalue weighted by atomic mass is 9.71. The zero-order chi connectivity index (χ0) is 29.6. The molecule has 2 N–H and O–H groups in total. The van der Waals surface area contributed by atoms with Gasteiger partial charge < -0.3 is 20.2 Å². The average Bonchev–Trinajstić information content (AvgIpc) is 3.29. The Morgan fingerprint density at radius 2 is 1.65 bits per heavy atom. The van der Waals surface area contributed by atoms with Crippen molar-refractivity contribution in [2.24, 2.45) is 5.41 Å². The van der Waals surface area contributed by atoms with Crippen LogP contribution in [0, 0.1) is 5.41 Å². The number of allylic oxidation sites excluding steroid dienone is 2. The second kappa shape index (κ2) is 10.9. The minimum atomic E-state index is -1.09. The van der Waals surface area contributed by atoms with Gasteiger partial charge in [-0.25, -0.2) is 19.3 Å². The Morgan fingerprint density at radius 1 is 0.907 bits per heavy atom. The lowest BCUT2D eigenvalue weighted by molar-refractivity contribution is 0.0443. The first-order valence-corrected chi connectivity index (χ1v) is 15.4. The topological polar surface area (TPSA) is 104 Å². The maximum absolute atomic E-state index is 13.4. The highest BCUT2D eigenvalue weighted by molar-refractivity contribution is 5.77. The van der Waals surface area contributed by atoms with E-state index in [1.165, 1.54) is 44.5 Å². The van der Waals surface area contributed by atoms with Crippen molar-refractivity contribution in [3.8, 4) is 5.82 Å². The van der Waals surface area contributed by atoms with Gasteiger partial charge in [0.05, 0.1) is 12.2 Å². The summed E-state index contributed by atoms with van der Waals surface area (Å²) in [5, 5.41) is 14.8. The van der Waals surface area contributed by atoms with Gasteiger partial charge in [-0.05, 0) is 107 Å². The minimum Gasteiger partial charge on any atom is -0.384 e. The van der Waals surface area contributed by atoms with Crippen LogP contribution in [-0.2, 0) is 12.1 Å². The van der Waals surface area contributed by atoms with E-state index in [4.69, 9.17) is 9.97 Å². The number of hydrogen-bond acceptors (Lipinski definition) is 8. The number of benzene rings is 1. The van der Waals surface area contributed by atoms with E-state index < -0.39 is 5.60 Å². The van der Waals surface area contributed by atoms with Crippen LogP contribution < -0.4 is 15.8 Å². The van der Waals surface area contributed by atoms with E-state index in [2.05, 4.69) is 51.4 Å². The van der Waals surface area contributed by atoms with Crippen molar-refractivity contribution in [2.75, 3.05) is 43.4 Å². The van der Waals surface area contributed by atoms with E-state index in [1.807, 2.05) is 30.4 Å². The third-order valence-corrected chi connectivity index (χ3v) is 9.78. The van der Waals surface area contributed by atoms with Gasteiger partial charge in [0.1, 0.15) is 11.0 Å². The summed E-state index contributed by atoms with van der Waals surface area (Å²) in [4.78, 5) is 32.4. The van der Waals surface area contributed by atoms with E-state index in [9.17, 15) is 9.90 Å². The summed E-state index contributed by atoms with van der Waals surface area (Å²) in [5.74, 6) is 0.925. The van der Waals surface area contributed by atoms with Crippen molar-refractivity contribution in [3.63, 3.8) is 0 Å². The van der Waals surface area contributed by atoms with Crippen molar-refractivity contribution >= 4 is 28.4 Å². The molecule has 0 radical (unpaired) electrons. The van der Waals surface area contributed by atoms with Crippen LogP contribution >= 0.6 is 0 Å². The molecule has 0 unspecified atom stereocenters. The lowest BCUT2D eigenvalue weighted by Gasteiger charge is -2.46. The van der Waals surface area contributed by atoms with Crippen LogP contribution in [0.2, 0.25) is 0 Å². The number of nitrogens with one attached hydrogen (secondary N) is 1. The third kappa shape index (κ3) is 5.34. The van der Waals surface area contributed by atoms with Crippen LogP contribution in [0.25, 0.3) is 16.9 Å². The zero-order valence-corrected chi connectivity index (χ0v) is 25.0. The molecular weight excluding hydrogens is 540 g/mol. The van der Waals surface area contributed by atoms with Crippen molar-refractivity contribution in [2.45, 2.75) is 57.6 Å². The molecule has 10 heteroatoms. The normalized spacial score (nSPS) is 23.1. The molecule has 3 aliphatic rings. The summed E-state index contributed by atoms with van der Waals surface area (Å²) in [7, 11) is 2.23. The predicted molar refractivity (Wildman–Crippen MR) is 169 cm³/mol. The average molecular weight is 581 g/mol. The number of anilines is 3. The van der Waals surface area contributed by atoms with Gasteiger partial charge in [-0.3, -0.25) is 4.79 Å². The van der Waals surface area contributed by atoms with E-state index in [1.54, 1.807) is 22.5 Å². The van der Waals surface area contributed by atoms with Gasteiger partial charge >= 0.3 is 0 Å². The number of aliphatic hydroxyl groups is 1. The number of likely N-dealkylation sites (tertiary alicyclic amines) is 1. The fraction of sp³-hybridized carbons (Fsp3) is 0.455. The number of hydrogen-bond donors (Lipinski definition) is 2. The van der Waals surface area contributed by atoms with Gasteiger partial charge in [-0.2, -0.15) is 4.98 Å². The Bertz CT molecular complexity index is 1700. The molecule has 2 fully saturated rings. The SMILES string of the molecule is CN1CCC2(CC1)CCN(c1ccc(Nc3ncc4c(=O)n5n(c4n3)-c3cccc(n3)[C@@](C)(O)CC/C=C\C5)cc1)CC2. The Morgan fingerprint density at radius 3 is 2.42 bits per heavy atom. The van der Waals surface area contributed by atoms with E-state index in [0.29, 0.717) is 53.3 Å². The summed E-state index contributed by atoms with van der Waals surface area (Å²) >= 11 is 0. The number of nitrogens with zero attached hydrogens (tertiary/aromatic N) is 7. The van der Waals surface area contributed by atoms with Gasteiger partial charge in [0.2, 0.25) is 5.95 Å². The molecule has 224 valence electrons. The Hall–Kier alpha value is -4.02. The summed E-state index contributed by atoms with van der Waals surface area (Å²) in [5.41, 5.74) is 2.40. The number of piperidine rings is 2. The lowest BCUT2D eigenvalue weighted by Crippen LogP contribution is -2.46. The zero-order valence-electron chi connectivity index (χ0n) is 25.0. The molecule has 3 aromatic heterocycles. The number of aromatic nitrogens is 5. The monoisotopic (exact) mass is 580 g/mol. The molecule has 0 amide bonds. The molecule has 2 saturated heterocycles.